The lowest BCUT2D eigenvalue weighted by molar-refractivity contribution is -0.128. The number of carbonyl (C=O) groups excluding carboxylic acids is 1. The maximum Gasteiger partial charge on any atom is 0.239 e. The monoisotopic (exact) mass is 388 g/mol. The third-order valence-electron chi connectivity index (χ3n) is 4.30. The summed E-state index contributed by atoms with van der Waals surface area (Å²) in [6, 6.07) is 7.86. The van der Waals surface area contributed by atoms with E-state index < -0.39 is 0 Å². The van der Waals surface area contributed by atoms with Gasteiger partial charge >= 0.3 is 0 Å². The number of ether oxygens (including phenoxy) is 1. The second-order valence-electron chi connectivity index (χ2n) is 5.81. The lowest BCUT2D eigenvalue weighted by atomic mass is 10.1. The number of morpholine rings is 1. The highest BCUT2D eigenvalue weighted by molar-refractivity contribution is 5.85. The van der Waals surface area contributed by atoms with Gasteiger partial charge in [0.2, 0.25) is 5.91 Å². The number of nitrogens with zero attached hydrogens (tertiary/aromatic N) is 2. The molecule has 1 aromatic carbocycles. The molecule has 2 atom stereocenters. The first-order valence-corrected chi connectivity index (χ1v) is 8.27. The van der Waals surface area contributed by atoms with Crippen LogP contribution in [0.3, 0.4) is 0 Å². The fourth-order valence-corrected chi connectivity index (χ4v) is 3.10. The van der Waals surface area contributed by atoms with Crippen LogP contribution in [0.1, 0.15) is 19.7 Å². The van der Waals surface area contributed by atoms with Crippen molar-refractivity contribution < 1.29 is 9.53 Å². The second-order valence-corrected chi connectivity index (χ2v) is 5.81. The van der Waals surface area contributed by atoms with Gasteiger partial charge in [-0.3, -0.25) is 4.79 Å². The fraction of sp³-hybridized carbons (Fsp3) is 0.529. The third kappa shape index (κ3) is 4.85. The first kappa shape index (κ1) is 21.7. The van der Waals surface area contributed by atoms with Crippen molar-refractivity contribution in [2.24, 2.45) is 0 Å². The molecular formula is C17H26Cl2N4O2. The van der Waals surface area contributed by atoms with Gasteiger partial charge in [-0.15, -0.1) is 24.8 Å². The Bertz CT molecular complexity index is 692. The van der Waals surface area contributed by atoms with Gasteiger partial charge in [0.05, 0.1) is 23.7 Å². The molecule has 140 valence electrons. The number of nitrogens with one attached hydrogen (secondary N) is 2. The predicted molar refractivity (Wildman–Crippen MR) is 104 cm³/mol. The molecule has 0 unspecified atom stereocenters. The largest absolute Gasteiger partial charge is 0.375 e. The number of para-hydroxylation sites is 2. The van der Waals surface area contributed by atoms with Crippen LogP contribution in [0.4, 0.5) is 0 Å². The summed E-state index contributed by atoms with van der Waals surface area (Å²) in [4.78, 5) is 16.9. The SMILES string of the molecule is CCn1c(CCNC(=O)[C@H]2NCCO[C@@H]2C)nc2ccccc21.Cl.Cl. The highest BCUT2D eigenvalue weighted by Crippen LogP contribution is 2.16. The standard InChI is InChI=1S/C17H24N4O2.2ClH/c1-3-21-14-7-5-4-6-13(14)20-15(21)8-9-19-17(22)16-12(2)23-11-10-18-16;;/h4-7,12,16,18H,3,8-11H2,1-2H3,(H,19,22);2*1H/t12-,16+;;/m1../s1. The van der Waals surface area contributed by atoms with Crippen LogP contribution in [0, 0.1) is 0 Å². The van der Waals surface area contributed by atoms with Gasteiger partial charge < -0.3 is 19.9 Å². The Morgan fingerprint density at radius 1 is 1.40 bits per heavy atom. The van der Waals surface area contributed by atoms with Gasteiger partial charge in [0.25, 0.3) is 0 Å². The summed E-state index contributed by atoms with van der Waals surface area (Å²) in [5.41, 5.74) is 2.15. The molecular weight excluding hydrogens is 363 g/mol. The molecule has 1 aromatic heterocycles. The predicted octanol–water partition coefficient (Wildman–Crippen LogP) is 1.94. The average molecular weight is 389 g/mol. The highest BCUT2D eigenvalue weighted by Gasteiger charge is 2.27. The number of hydrogen-bond acceptors (Lipinski definition) is 4. The van der Waals surface area contributed by atoms with E-state index in [1.807, 2.05) is 25.1 Å². The van der Waals surface area contributed by atoms with E-state index in [9.17, 15) is 4.79 Å². The van der Waals surface area contributed by atoms with Crippen molar-refractivity contribution in [3.05, 3.63) is 30.1 Å². The van der Waals surface area contributed by atoms with Crippen LogP contribution < -0.4 is 10.6 Å². The first-order chi connectivity index (χ1) is 11.2. The molecule has 6 nitrogen and oxygen atoms in total. The smallest absolute Gasteiger partial charge is 0.239 e. The Morgan fingerprint density at radius 2 is 2.16 bits per heavy atom. The number of amides is 1. The number of hydrogen-bond donors (Lipinski definition) is 2. The van der Waals surface area contributed by atoms with Crippen LogP contribution in [-0.4, -0.2) is 47.3 Å². The molecule has 3 rings (SSSR count). The Balaban J connectivity index is 0.00000156. The van der Waals surface area contributed by atoms with Gasteiger partial charge in [0.1, 0.15) is 11.9 Å². The minimum Gasteiger partial charge on any atom is -0.375 e. The Labute approximate surface area is 160 Å². The third-order valence-corrected chi connectivity index (χ3v) is 4.30. The maximum absolute atomic E-state index is 12.2. The van der Waals surface area contributed by atoms with E-state index in [2.05, 4.69) is 33.2 Å². The zero-order valence-electron chi connectivity index (χ0n) is 14.5. The highest BCUT2D eigenvalue weighted by atomic mass is 35.5. The van der Waals surface area contributed by atoms with E-state index in [4.69, 9.17) is 4.74 Å². The van der Waals surface area contributed by atoms with Crippen LogP contribution in [0.25, 0.3) is 11.0 Å². The van der Waals surface area contributed by atoms with Crippen LogP contribution in [0.5, 0.6) is 0 Å². The minimum absolute atomic E-state index is 0. The van der Waals surface area contributed by atoms with Crippen LogP contribution in [0.2, 0.25) is 0 Å². The summed E-state index contributed by atoms with van der Waals surface area (Å²) < 4.78 is 7.71. The normalized spacial score (nSPS) is 19.8. The molecule has 0 aliphatic carbocycles. The molecule has 0 bridgehead atoms. The molecule has 0 radical (unpaired) electrons. The van der Waals surface area contributed by atoms with E-state index in [-0.39, 0.29) is 42.9 Å². The van der Waals surface area contributed by atoms with Crippen LogP contribution in [-0.2, 0) is 22.5 Å². The number of carbonyl (C=O) groups is 1. The van der Waals surface area contributed by atoms with E-state index in [0.29, 0.717) is 19.7 Å². The topological polar surface area (TPSA) is 68.2 Å². The number of imidazole rings is 1. The van der Waals surface area contributed by atoms with Crippen molar-refractivity contribution >= 4 is 41.8 Å². The zero-order valence-corrected chi connectivity index (χ0v) is 16.2. The summed E-state index contributed by atoms with van der Waals surface area (Å²) in [7, 11) is 0. The van der Waals surface area contributed by atoms with Crippen molar-refractivity contribution in [1.29, 1.82) is 0 Å². The van der Waals surface area contributed by atoms with Crippen LogP contribution >= 0.6 is 24.8 Å². The number of aromatic nitrogens is 2. The molecule has 25 heavy (non-hydrogen) atoms. The maximum atomic E-state index is 12.2. The fourth-order valence-electron chi connectivity index (χ4n) is 3.10. The van der Waals surface area contributed by atoms with Crippen molar-refractivity contribution in [2.45, 2.75) is 39.0 Å². The summed E-state index contributed by atoms with van der Waals surface area (Å²) in [5, 5.41) is 6.20. The van der Waals surface area contributed by atoms with Gasteiger partial charge in [-0.1, -0.05) is 12.1 Å². The van der Waals surface area contributed by atoms with Crippen molar-refractivity contribution in [1.82, 2.24) is 20.2 Å². The summed E-state index contributed by atoms with van der Waals surface area (Å²) in [6.07, 6.45) is 0.625. The molecule has 2 aromatic rings. The van der Waals surface area contributed by atoms with E-state index in [1.165, 1.54) is 0 Å². The molecule has 0 saturated carbocycles. The number of aryl methyl sites for hydroxylation is 1. The quantitative estimate of drug-likeness (QED) is 0.820. The summed E-state index contributed by atoms with van der Waals surface area (Å²) in [5.74, 6) is 1.01. The number of fused-ring (bicyclic) bond motifs is 1. The molecule has 1 aliphatic rings. The van der Waals surface area contributed by atoms with E-state index in [1.54, 1.807) is 0 Å². The molecule has 2 heterocycles. The Hall–Kier alpha value is -1.34. The van der Waals surface area contributed by atoms with Crippen LogP contribution in [0.15, 0.2) is 24.3 Å². The van der Waals surface area contributed by atoms with Crippen molar-refractivity contribution in [3.63, 3.8) is 0 Å². The molecule has 1 fully saturated rings. The lowest BCUT2D eigenvalue weighted by Gasteiger charge is -2.29. The number of benzene rings is 1. The average Bonchev–Trinajstić information content (AvgIpc) is 2.92. The number of rotatable bonds is 5. The van der Waals surface area contributed by atoms with Crippen molar-refractivity contribution in [3.8, 4) is 0 Å². The molecule has 2 N–H and O–H groups in total. The first-order valence-electron chi connectivity index (χ1n) is 8.27. The second kappa shape index (κ2) is 9.97. The molecule has 1 aliphatic heterocycles. The summed E-state index contributed by atoms with van der Waals surface area (Å²) in [6.45, 7) is 6.86. The summed E-state index contributed by atoms with van der Waals surface area (Å²) >= 11 is 0. The molecule has 1 amide bonds. The van der Waals surface area contributed by atoms with Gasteiger partial charge in [-0.2, -0.15) is 0 Å². The number of halogens is 2. The van der Waals surface area contributed by atoms with Gasteiger partial charge in [0.15, 0.2) is 0 Å². The van der Waals surface area contributed by atoms with Gasteiger partial charge in [-0.05, 0) is 26.0 Å². The molecule has 1 saturated heterocycles. The van der Waals surface area contributed by atoms with E-state index >= 15 is 0 Å². The lowest BCUT2D eigenvalue weighted by Crippen LogP contribution is -2.55. The minimum atomic E-state index is -0.270. The molecule has 0 spiro atoms. The zero-order chi connectivity index (χ0) is 16.2. The Morgan fingerprint density at radius 3 is 2.88 bits per heavy atom. The van der Waals surface area contributed by atoms with Crippen molar-refractivity contribution in [2.75, 3.05) is 19.7 Å². The molecule has 8 heteroatoms. The van der Waals surface area contributed by atoms with E-state index in [0.717, 1.165) is 29.8 Å². The van der Waals surface area contributed by atoms with Gasteiger partial charge in [0, 0.05) is 26.1 Å². The Kier molecular flexibility index (Phi) is 8.65. The van der Waals surface area contributed by atoms with Gasteiger partial charge in [-0.25, -0.2) is 4.98 Å².